The molecule has 0 bridgehead atoms. The number of methoxy groups -OCH3 is 1. The van der Waals surface area contributed by atoms with Crippen LogP contribution in [-0.4, -0.2) is 43.1 Å². The van der Waals surface area contributed by atoms with E-state index in [4.69, 9.17) is 18.9 Å². The Kier molecular flexibility index (Phi) is 2.83. The lowest BCUT2D eigenvalue weighted by Gasteiger charge is -2.36. The molecule has 0 unspecified atom stereocenters. The molecule has 0 spiro atoms. The Labute approximate surface area is 111 Å². The van der Waals surface area contributed by atoms with Crippen molar-refractivity contribution in [1.29, 1.82) is 0 Å². The van der Waals surface area contributed by atoms with Crippen molar-refractivity contribution >= 4 is 11.9 Å². The first kappa shape index (κ1) is 12.9. The van der Waals surface area contributed by atoms with Gasteiger partial charge in [-0.3, -0.25) is 9.59 Å². The second-order valence-electron chi connectivity index (χ2n) is 5.83. The first-order chi connectivity index (χ1) is 8.91. The first-order valence-corrected chi connectivity index (χ1v) is 6.54. The molecule has 2 saturated heterocycles. The van der Waals surface area contributed by atoms with Gasteiger partial charge in [-0.2, -0.15) is 0 Å². The number of carbonyl (C=O) groups excluding carboxylic acids is 2. The summed E-state index contributed by atoms with van der Waals surface area (Å²) in [6, 6.07) is 0. The molecule has 0 aromatic heterocycles. The van der Waals surface area contributed by atoms with Crippen molar-refractivity contribution in [2.45, 2.75) is 50.8 Å². The van der Waals surface area contributed by atoms with Crippen LogP contribution in [0.4, 0.5) is 0 Å². The first-order valence-electron chi connectivity index (χ1n) is 6.54. The van der Waals surface area contributed by atoms with Gasteiger partial charge in [0.05, 0.1) is 25.6 Å². The van der Waals surface area contributed by atoms with E-state index in [-0.39, 0.29) is 42.4 Å². The summed E-state index contributed by atoms with van der Waals surface area (Å²) in [5.41, 5.74) is 0. The standard InChI is InChI=1S/C13H18O6/c1-13(2)18-8-4-7(12(15)16-3)6-5-9(14)17-10(6)11(8)19-13/h6-8,10-11H,4-5H2,1-3H3/t6-,7+,8-,10-,11-/m1/s1. The van der Waals surface area contributed by atoms with Gasteiger partial charge in [0.1, 0.15) is 12.2 Å². The fourth-order valence-corrected chi connectivity index (χ4v) is 3.45. The maximum absolute atomic E-state index is 11.9. The number of hydrogen-bond acceptors (Lipinski definition) is 6. The summed E-state index contributed by atoms with van der Waals surface area (Å²) in [6.07, 6.45) is -0.161. The van der Waals surface area contributed by atoms with Crippen LogP contribution in [0.25, 0.3) is 0 Å². The van der Waals surface area contributed by atoms with Gasteiger partial charge >= 0.3 is 11.9 Å². The highest BCUT2D eigenvalue weighted by atomic mass is 16.8. The summed E-state index contributed by atoms with van der Waals surface area (Å²) in [7, 11) is 1.36. The molecule has 3 rings (SSSR count). The molecule has 3 aliphatic rings. The van der Waals surface area contributed by atoms with Crippen molar-refractivity contribution in [1.82, 2.24) is 0 Å². The van der Waals surface area contributed by atoms with E-state index in [1.165, 1.54) is 7.11 Å². The van der Waals surface area contributed by atoms with Gasteiger partial charge < -0.3 is 18.9 Å². The van der Waals surface area contributed by atoms with Crippen LogP contribution in [0.15, 0.2) is 0 Å². The molecule has 6 nitrogen and oxygen atoms in total. The summed E-state index contributed by atoms with van der Waals surface area (Å²) >= 11 is 0. The fraction of sp³-hybridized carbons (Fsp3) is 0.846. The summed E-state index contributed by atoms with van der Waals surface area (Å²) in [4.78, 5) is 23.4. The molecule has 0 aromatic rings. The van der Waals surface area contributed by atoms with Crippen LogP contribution < -0.4 is 0 Å². The molecule has 19 heavy (non-hydrogen) atoms. The lowest BCUT2D eigenvalue weighted by Crippen LogP contribution is -2.49. The van der Waals surface area contributed by atoms with E-state index in [1.807, 2.05) is 13.8 Å². The van der Waals surface area contributed by atoms with Crippen LogP contribution >= 0.6 is 0 Å². The van der Waals surface area contributed by atoms with Crippen molar-refractivity contribution in [3.05, 3.63) is 0 Å². The summed E-state index contributed by atoms with van der Waals surface area (Å²) in [6.45, 7) is 3.65. The van der Waals surface area contributed by atoms with Crippen molar-refractivity contribution in [3.8, 4) is 0 Å². The van der Waals surface area contributed by atoms with Gasteiger partial charge in [-0.25, -0.2) is 0 Å². The van der Waals surface area contributed by atoms with Gasteiger partial charge in [0, 0.05) is 5.92 Å². The van der Waals surface area contributed by atoms with E-state index in [9.17, 15) is 9.59 Å². The maximum Gasteiger partial charge on any atom is 0.309 e. The summed E-state index contributed by atoms with van der Waals surface area (Å²) in [5.74, 6) is -1.82. The zero-order valence-corrected chi connectivity index (χ0v) is 11.3. The Morgan fingerprint density at radius 3 is 2.74 bits per heavy atom. The van der Waals surface area contributed by atoms with E-state index >= 15 is 0 Å². The third-order valence-electron chi connectivity index (χ3n) is 4.14. The molecule has 3 fully saturated rings. The minimum Gasteiger partial charge on any atom is -0.469 e. The topological polar surface area (TPSA) is 71.1 Å². The highest BCUT2D eigenvalue weighted by Crippen LogP contribution is 2.47. The van der Waals surface area contributed by atoms with Gasteiger partial charge in [-0.15, -0.1) is 0 Å². The van der Waals surface area contributed by atoms with Gasteiger partial charge in [-0.1, -0.05) is 0 Å². The molecule has 5 atom stereocenters. The molecule has 2 aliphatic heterocycles. The Balaban J connectivity index is 1.88. The highest BCUT2D eigenvalue weighted by molar-refractivity contribution is 5.77. The second-order valence-corrected chi connectivity index (χ2v) is 5.83. The molecule has 6 heteroatoms. The second kappa shape index (κ2) is 4.18. The van der Waals surface area contributed by atoms with Crippen LogP contribution in [0.3, 0.4) is 0 Å². The third-order valence-corrected chi connectivity index (χ3v) is 4.14. The maximum atomic E-state index is 11.9. The SMILES string of the molecule is COC(=O)[C@H]1C[C@H]2OC(C)(C)O[C@H]2[C@@H]2OC(=O)C[C@@H]21. The number of hydrogen-bond donors (Lipinski definition) is 0. The summed E-state index contributed by atoms with van der Waals surface area (Å²) < 4.78 is 21.8. The molecule has 0 amide bonds. The molecule has 0 N–H and O–H groups in total. The van der Waals surface area contributed by atoms with Crippen molar-refractivity contribution in [3.63, 3.8) is 0 Å². The highest BCUT2D eigenvalue weighted by Gasteiger charge is 2.59. The van der Waals surface area contributed by atoms with Crippen LogP contribution in [0.5, 0.6) is 0 Å². The molecule has 1 aliphatic carbocycles. The van der Waals surface area contributed by atoms with Gasteiger partial charge in [-0.05, 0) is 20.3 Å². The average Bonchev–Trinajstić information content (AvgIpc) is 2.85. The monoisotopic (exact) mass is 270 g/mol. The molecule has 0 aromatic carbocycles. The predicted molar refractivity (Wildman–Crippen MR) is 61.9 cm³/mol. The molecule has 106 valence electrons. The van der Waals surface area contributed by atoms with Crippen molar-refractivity contribution in [2.75, 3.05) is 7.11 Å². The van der Waals surface area contributed by atoms with Gasteiger partial charge in [0.25, 0.3) is 0 Å². The summed E-state index contributed by atoms with van der Waals surface area (Å²) in [5, 5.41) is 0. The quantitative estimate of drug-likeness (QED) is 0.651. The van der Waals surface area contributed by atoms with Crippen LogP contribution in [0.1, 0.15) is 26.7 Å². The molecule has 0 radical (unpaired) electrons. The molecular weight excluding hydrogens is 252 g/mol. The average molecular weight is 270 g/mol. The zero-order chi connectivity index (χ0) is 13.8. The van der Waals surface area contributed by atoms with E-state index in [0.29, 0.717) is 6.42 Å². The Hall–Kier alpha value is -1.14. The van der Waals surface area contributed by atoms with Crippen molar-refractivity contribution < 1.29 is 28.5 Å². The predicted octanol–water partition coefficient (Wildman–Crippen LogP) is 0.631. The minimum absolute atomic E-state index is 0.168. The smallest absolute Gasteiger partial charge is 0.309 e. The van der Waals surface area contributed by atoms with Crippen molar-refractivity contribution in [2.24, 2.45) is 11.8 Å². The number of carbonyl (C=O) groups is 2. The molecule has 2 heterocycles. The largest absolute Gasteiger partial charge is 0.469 e. The number of ether oxygens (including phenoxy) is 4. The lowest BCUT2D eigenvalue weighted by molar-refractivity contribution is -0.165. The normalized spacial score (nSPS) is 43.3. The Bertz CT molecular complexity index is 417. The number of rotatable bonds is 1. The van der Waals surface area contributed by atoms with Crippen LogP contribution in [0.2, 0.25) is 0 Å². The third kappa shape index (κ3) is 2.03. The minimum atomic E-state index is -0.708. The van der Waals surface area contributed by atoms with E-state index in [0.717, 1.165) is 0 Å². The zero-order valence-electron chi connectivity index (χ0n) is 11.3. The fourth-order valence-electron chi connectivity index (χ4n) is 3.45. The van der Waals surface area contributed by atoms with Crippen LogP contribution in [-0.2, 0) is 28.5 Å². The number of esters is 2. The van der Waals surface area contributed by atoms with E-state index in [2.05, 4.69) is 0 Å². The van der Waals surface area contributed by atoms with Crippen LogP contribution in [0, 0.1) is 11.8 Å². The van der Waals surface area contributed by atoms with E-state index in [1.54, 1.807) is 0 Å². The Morgan fingerprint density at radius 2 is 2.05 bits per heavy atom. The Morgan fingerprint density at radius 1 is 1.32 bits per heavy atom. The lowest BCUT2D eigenvalue weighted by atomic mass is 9.74. The van der Waals surface area contributed by atoms with E-state index < -0.39 is 11.9 Å². The number of fused-ring (bicyclic) bond motifs is 3. The van der Waals surface area contributed by atoms with Gasteiger partial charge in [0.2, 0.25) is 0 Å². The van der Waals surface area contributed by atoms with Gasteiger partial charge in [0.15, 0.2) is 5.79 Å². The molecule has 1 saturated carbocycles. The molecular formula is C13H18O6.